The number of non-ortho nitro benzene ring substituents is 1. The Morgan fingerprint density at radius 3 is 2.55 bits per heavy atom. The second-order valence-corrected chi connectivity index (χ2v) is 7.78. The van der Waals surface area contributed by atoms with Gasteiger partial charge < -0.3 is 20.5 Å². The Labute approximate surface area is 170 Å². The van der Waals surface area contributed by atoms with E-state index in [-0.39, 0.29) is 17.9 Å². The van der Waals surface area contributed by atoms with Crippen molar-refractivity contribution in [3.8, 4) is 5.75 Å². The first kappa shape index (κ1) is 20.5. The van der Waals surface area contributed by atoms with Gasteiger partial charge in [0.25, 0.3) is 5.69 Å². The van der Waals surface area contributed by atoms with Crippen molar-refractivity contribution in [2.75, 3.05) is 17.7 Å². The number of benzene rings is 2. The Balaban J connectivity index is 1.88. The van der Waals surface area contributed by atoms with Crippen molar-refractivity contribution in [1.82, 2.24) is 0 Å². The Morgan fingerprint density at radius 2 is 1.93 bits per heavy atom. The molecule has 1 atom stereocenters. The van der Waals surface area contributed by atoms with E-state index in [2.05, 4.69) is 10.6 Å². The molecule has 0 amide bonds. The highest BCUT2D eigenvalue weighted by molar-refractivity contribution is 8.00. The number of carboxylic acid groups (broad SMARTS) is 1. The Hall–Kier alpha value is -3.27. The van der Waals surface area contributed by atoms with Gasteiger partial charge in [0.1, 0.15) is 5.75 Å². The quantitative estimate of drug-likeness (QED) is 0.334. The molecule has 9 nitrogen and oxygen atoms in total. The van der Waals surface area contributed by atoms with Crippen LogP contribution < -0.4 is 15.4 Å². The van der Waals surface area contributed by atoms with Crippen LogP contribution in [-0.4, -0.2) is 33.9 Å². The van der Waals surface area contributed by atoms with Crippen LogP contribution >= 0.6 is 11.8 Å². The van der Waals surface area contributed by atoms with Gasteiger partial charge in [-0.25, -0.2) is 0 Å². The third-order valence-electron chi connectivity index (χ3n) is 4.45. The van der Waals surface area contributed by atoms with E-state index in [9.17, 15) is 24.8 Å². The zero-order valence-electron chi connectivity index (χ0n) is 15.7. The molecule has 0 saturated heterocycles. The molecule has 0 radical (unpaired) electrons. The fraction of sp³-hybridized carbons (Fsp3) is 0.263. The maximum absolute atomic E-state index is 11.7. The number of nitrogens with one attached hydrogen (secondary N) is 2. The minimum absolute atomic E-state index is 0.0871. The molecule has 0 aromatic heterocycles. The van der Waals surface area contributed by atoms with Crippen LogP contribution in [0.1, 0.15) is 29.3 Å². The number of aliphatic carboxylic acids is 1. The molecule has 0 saturated carbocycles. The maximum atomic E-state index is 11.7. The van der Waals surface area contributed by atoms with Crippen molar-refractivity contribution in [3.05, 3.63) is 57.6 Å². The van der Waals surface area contributed by atoms with Crippen LogP contribution in [-0.2, 0) is 10.5 Å². The molecule has 152 valence electrons. The van der Waals surface area contributed by atoms with Gasteiger partial charge in [-0.15, -0.1) is 11.8 Å². The molecule has 0 spiro atoms. The largest absolute Gasteiger partial charge is 0.496 e. The van der Waals surface area contributed by atoms with Crippen molar-refractivity contribution < 1.29 is 24.4 Å². The Morgan fingerprint density at radius 1 is 1.21 bits per heavy atom. The van der Waals surface area contributed by atoms with Crippen LogP contribution in [0.5, 0.6) is 5.75 Å². The lowest BCUT2D eigenvalue weighted by Crippen LogP contribution is -2.40. The number of nitro groups is 1. The van der Waals surface area contributed by atoms with E-state index >= 15 is 0 Å². The number of hydrogen-bond acceptors (Lipinski definition) is 8. The number of hydrogen-bond donors (Lipinski definition) is 3. The lowest BCUT2D eigenvalue weighted by atomic mass is 10.1. The number of rotatable bonds is 8. The number of fused-ring (bicyclic) bond motifs is 1. The first-order valence-electron chi connectivity index (χ1n) is 8.61. The number of thioether (sulfide) groups is 1. The van der Waals surface area contributed by atoms with Gasteiger partial charge in [-0.05, 0) is 31.2 Å². The first-order valence-corrected chi connectivity index (χ1v) is 9.60. The van der Waals surface area contributed by atoms with Crippen molar-refractivity contribution in [3.63, 3.8) is 0 Å². The molecule has 1 aliphatic heterocycles. The third kappa shape index (κ3) is 4.43. The monoisotopic (exact) mass is 417 g/mol. The second kappa shape index (κ2) is 8.00. The van der Waals surface area contributed by atoms with Crippen molar-refractivity contribution in [2.45, 2.75) is 24.1 Å². The number of ether oxygens (including phenoxy) is 1. The van der Waals surface area contributed by atoms with Crippen molar-refractivity contribution in [1.29, 1.82) is 0 Å². The van der Waals surface area contributed by atoms with Crippen LogP contribution in [0.15, 0.2) is 36.4 Å². The molecular formula is C19H19N3O6S. The van der Waals surface area contributed by atoms with Gasteiger partial charge in [0.15, 0.2) is 10.8 Å². The van der Waals surface area contributed by atoms with E-state index in [1.165, 1.54) is 37.9 Å². The standard InChI is InChI=1S/C19H19N3O6S/c1-11(23)12-3-6-17(28-2)13(7-12)10-29-19(9-18(24)25)20-15-5-4-14(22(26)27)8-16(15)21-19/h3-8,20-21H,9-10H2,1-2H3,(H,24,25). The van der Waals surface area contributed by atoms with Gasteiger partial charge in [-0.2, -0.15) is 0 Å². The van der Waals surface area contributed by atoms with Crippen LogP contribution in [0.3, 0.4) is 0 Å². The van der Waals surface area contributed by atoms with Gasteiger partial charge in [0.2, 0.25) is 0 Å². The molecule has 2 aromatic carbocycles. The number of methoxy groups -OCH3 is 1. The molecule has 3 rings (SSSR count). The molecule has 10 heteroatoms. The minimum Gasteiger partial charge on any atom is -0.496 e. The summed E-state index contributed by atoms with van der Waals surface area (Å²) in [7, 11) is 1.52. The molecule has 1 aliphatic rings. The molecule has 2 aromatic rings. The highest BCUT2D eigenvalue weighted by Crippen LogP contribution is 2.44. The first-order chi connectivity index (χ1) is 13.7. The maximum Gasteiger partial charge on any atom is 0.308 e. The third-order valence-corrected chi connectivity index (χ3v) is 5.74. The van der Waals surface area contributed by atoms with Crippen molar-refractivity contribution in [2.24, 2.45) is 0 Å². The summed E-state index contributed by atoms with van der Waals surface area (Å²) in [5.41, 5.74) is 2.21. The van der Waals surface area contributed by atoms with Crippen LogP contribution in [0.4, 0.5) is 17.1 Å². The summed E-state index contributed by atoms with van der Waals surface area (Å²) in [6, 6.07) is 9.35. The smallest absolute Gasteiger partial charge is 0.308 e. The summed E-state index contributed by atoms with van der Waals surface area (Å²) in [5.74, 6) is -0.201. The van der Waals surface area contributed by atoms with E-state index < -0.39 is 15.9 Å². The predicted molar refractivity (Wildman–Crippen MR) is 110 cm³/mol. The second-order valence-electron chi connectivity index (χ2n) is 6.51. The molecule has 3 N–H and O–H groups in total. The van der Waals surface area contributed by atoms with E-state index in [1.54, 1.807) is 24.3 Å². The lowest BCUT2D eigenvalue weighted by Gasteiger charge is -2.29. The van der Waals surface area contributed by atoms with Gasteiger partial charge in [0.05, 0.1) is 29.8 Å². The van der Waals surface area contributed by atoms with Crippen molar-refractivity contribution >= 4 is 40.6 Å². The van der Waals surface area contributed by atoms with E-state index in [4.69, 9.17) is 4.74 Å². The summed E-state index contributed by atoms with van der Waals surface area (Å²) < 4.78 is 5.36. The SMILES string of the molecule is COc1ccc(C(C)=O)cc1CSC1(CC(=O)O)Nc2ccc([N+](=O)[O-])cc2N1. The topological polar surface area (TPSA) is 131 Å². The number of nitro benzene ring substituents is 1. The number of ketones is 1. The van der Waals surface area contributed by atoms with Crippen LogP contribution in [0.2, 0.25) is 0 Å². The predicted octanol–water partition coefficient (Wildman–Crippen LogP) is 3.71. The van der Waals surface area contributed by atoms with Gasteiger partial charge in [-0.1, -0.05) is 0 Å². The average molecular weight is 417 g/mol. The number of carbonyl (C=O) groups is 2. The fourth-order valence-electron chi connectivity index (χ4n) is 3.06. The van der Waals surface area contributed by atoms with Crippen LogP contribution in [0.25, 0.3) is 0 Å². The zero-order valence-corrected chi connectivity index (χ0v) is 16.5. The van der Waals surface area contributed by atoms with E-state index in [0.29, 0.717) is 28.4 Å². The average Bonchev–Trinajstić information content (AvgIpc) is 3.02. The molecule has 0 aliphatic carbocycles. The Kier molecular flexibility index (Phi) is 5.64. The lowest BCUT2D eigenvalue weighted by molar-refractivity contribution is -0.384. The number of anilines is 2. The van der Waals surface area contributed by atoms with E-state index in [0.717, 1.165) is 5.56 Å². The van der Waals surface area contributed by atoms with Gasteiger partial charge in [-0.3, -0.25) is 19.7 Å². The highest BCUT2D eigenvalue weighted by Gasteiger charge is 2.40. The number of nitrogens with zero attached hydrogens (tertiary/aromatic N) is 1. The molecule has 1 unspecified atom stereocenters. The fourth-order valence-corrected chi connectivity index (χ4v) is 4.28. The summed E-state index contributed by atoms with van der Waals surface area (Å²) >= 11 is 1.27. The molecule has 1 heterocycles. The van der Waals surface area contributed by atoms with Gasteiger partial charge >= 0.3 is 5.97 Å². The summed E-state index contributed by atoms with van der Waals surface area (Å²) in [6.07, 6.45) is -0.283. The summed E-state index contributed by atoms with van der Waals surface area (Å²) in [5, 5.41) is 26.6. The number of Topliss-reactive ketones (excluding diaryl/α,β-unsaturated/α-hetero) is 1. The minimum atomic E-state index is -1.11. The molecule has 0 bridgehead atoms. The zero-order chi connectivity index (χ0) is 21.2. The van der Waals surface area contributed by atoms with Crippen LogP contribution in [0, 0.1) is 10.1 Å². The van der Waals surface area contributed by atoms with E-state index in [1.807, 2.05) is 0 Å². The molecule has 0 fully saturated rings. The number of carboxylic acids is 1. The highest BCUT2D eigenvalue weighted by atomic mass is 32.2. The Bertz CT molecular complexity index is 996. The molecular weight excluding hydrogens is 398 g/mol. The summed E-state index contributed by atoms with van der Waals surface area (Å²) in [6.45, 7) is 1.47. The van der Waals surface area contributed by atoms with Gasteiger partial charge in [0, 0.05) is 29.0 Å². The summed E-state index contributed by atoms with van der Waals surface area (Å²) in [4.78, 5) is 32.6. The molecule has 29 heavy (non-hydrogen) atoms. The normalized spacial score (nSPS) is 17.0. The number of carbonyl (C=O) groups excluding carboxylic acids is 1.